The predicted octanol–water partition coefficient (Wildman–Crippen LogP) is 2.61. The lowest BCUT2D eigenvalue weighted by atomic mass is 10.2. The first-order chi connectivity index (χ1) is 13.6. The summed E-state index contributed by atoms with van der Waals surface area (Å²) in [6, 6.07) is 3.32. The molecule has 6 nitrogen and oxygen atoms in total. The Morgan fingerprint density at radius 2 is 1.76 bits per heavy atom. The molecule has 0 radical (unpaired) electrons. The van der Waals surface area contributed by atoms with Gasteiger partial charge in [0.15, 0.2) is 17.5 Å². The maximum Gasteiger partial charge on any atom is 0.255 e. The first-order valence-corrected chi connectivity index (χ1v) is 10.1. The number of benzene rings is 2. The second kappa shape index (κ2) is 8.09. The van der Waals surface area contributed by atoms with E-state index in [9.17, 15) is 30.8 Å². The maximum absolute atomic E-state index is 14.3. The van der Waals surface area contributed by atoms with Gasteiger partial charge >= 0.3 is 0 Å². The molecule has 1 aliphatic heterocycles. The number of nitrogens with two attached hydrogens (primary N) is 1. The second-order valence-electron chi connectivity index (χ2n) is 6.50. The van der Waals surface area contributed by atoms with Gasteiger partial charge in [0.25, 0.3) is 5.91 Å². The molecule has 0 saturated carbocycles. The normalized spacial score (nSPS) is 17.5. The molecule has 0 aromatic heterocycles. The van der Waals surface area contributed by atoms with Crippen LogP contribution in [0.5, 0.6) is 0 Å². The number of amides is 1. The van der Waals surface area contributed by atoms with Crippen molar-refractivity contribution in [1.82, 2.24) is 4.31 Å². The van der Waals surface area contributed by atoms with Gasteiger partial charge in [-0.2, -0.15) is 4.31 Å². The highest BCUT2D eigenvalue weighted by molar-refractivity contribution is 7.89. The van der Waals surface area contributed by atoms with Gasteiger partial charge in [0, 0.05) is 42.5 Å². The molecule has 1 amide bonds. The summed E-state index contributed by atoms with van der Waals surface area (Å²) in [7, 11) is -4.25. The summed E-state index contributed by atoms with van der Waals surface area (Å²) in [5.41, 5.74) is 4.93. The van der Waals surface area contributed by atoms with Crippen LogP contribution in [0.4, 0.5) is 23.2 Å². The van der Waals surface area contributed by atoms with E-state index in [4.69, 9.17) is 5.73 Å². The van der Waals surface area contributed by atoms with Gasteiger partial charge in [0.2, 0.25) is 10.0 Å². The van der Waals surface area contributed by atoms with E-state index in [1.165, 1.54) is 0 Å². The third-order valence-electron chi connectivity index (χ3n) is 4.62. The molecular formula is C18H17F4N3O3S. The van der Waals surface area contributed by atoms with Gasteiger partial charge in [-0.15, -0.1) is 0 Å². The fraction of sp³-hybridized carbons (Fsp3) is 0.278. The average Bonchev–Trinajstić information content (AvgIpc) is 3.16. The van der Waals surface area contributed by atoms with Crippen molar-refractivity contribution in [3.05, 3.63) is 59.2 Å². The first-order valence-electron chi connectivity index (χ1n) is 8.62. The number of hydrogen-bond acceptors (Lipinski definition) is 4. The van der Waals surface area contributed by atoms with E-state index in [0.29, 0.717) is 25.0 Å². The number of anilines is 1. The summed E-state index contributed by atoms with van der Waals surface area (Å²) < 4.78 is 80.7. The summed E-state index contributed by atoms with van der Waals surface area (Å²) in [6.45, 7) is 0.247. The van der Waals surface area contributed by atoms with Gasteiger partial charge in [0.05, 0.1) is 0 Å². The van der Waals surface area contributed by atoms with E-state index >= 15 is 0 Å². The lowest BCUT2D eigenvalue weighted by molar-refractivity contribution is 0.102. The van der Waals surface area contributed by atoms with Crippen molar-refractivity contribution in [3.8, 4) is 0 Å². The van der Waals surface area contributed by atoms with Crippen molar-refractivity contribution in [2.45, 2.75) is 23.8 Å². The molecule has 1 aliphatic rings. The number of halogens is 4. The number of sulfonamides is 1. The van der Waals surface area contributed by atoms with E-state index in [2.05, 4.69) is 5.32 Å². The van der Waals surface area contributed by atoms with Crippen LogP contribution in [0, 0.1) is 23.3 Å². The number of hydrogen-bond donors (Lipinski definition) is 2. The lowest BCUT2D eigenvalue weighted by Gasteiger charge is -2.23. The highest BCUT2D eigenvalue weighted by Crippen LogP contribution is 2.28. The molecule has 1 fully saturated rings. The van der Waals surface area contributed by atoms with Crippen molar-refractivity contribution < 1.29 is 30.8 Å². The van der Waals surface area contributed by atoms with E-state index in [-0.39, 0.29) is 24.3 Å². The summed E-state index contributed by atoms with van der Waals surface area (Å²) in [4.78, 5) is 11.6. The van der Waals surface area contributed by atoms with Crippen LogP contribution in [0.2, 0.25) is 0 Å². The smallest absolute Gasteiger partial charge is 0.255 e. The number of nitrogens with one attached hydrogen (secondary N) is 1. The highest BCUT2D eigenvalue weighted by Gasteiger charge is 2.36. The van der Waals surface area contributed by atoms with Crippen LogP contribution in [0.3, 0.4) is 0 Å². The van der Waals surface area contributed by atoms with Crippen molar-refractivity contribution in [2.24, 2.45) is 5.73 Å². The van der Waals surface area contributed by atoms with Crippen molar-refractivity contribution in [1.29, 1.82) is 0 Å². The molecule has 2 aromatic carbocycles. The van der Waals surface area contributed by atoms with Crippen LogP contribution in [0.25, 0.3) is 0 Å². The van der Waals surface area contributed by atoms with Crippen molar-refractivity contribution >= 4 is 21.6 Å². The quantitative estimate of drug-likeness (QED) is 0.562. The molecule has 11 heteroatoms. The minimum atomic E-state index is -4.25. The zero-order valence-electron chi connectivity index (χ0n) is 15.0. The van der Waals surface area contributed by atoms with E-state index in [1.54, 1.807) is 0 Å². The third-order valence-corrected chi connectivity index (χ3v) is 6.58. The van der Waals surface area contributed by atoms with Crippen LogP contribution < -0.4 is 11.1 Å². The lowest BCUT2D eigenvalue weighted by Crippen LogP contribution is -2.40. The Morgan fingerprint density at radius 3 is 2.38 bits per heavy atom. The average molecular weight is 431 g/mol. The Bertz CT molecular complexity index is 1040. The number of carbonyl (C=O) groups is 1. The SMILES string of the molecule is NC[C@@H]1CCCN1S(=O)(=O)c1cc(C(=O)Nc2cc(F)c(F)c(F)c2)ccc1F. The first kappa shape index (κ1) is 21.2. The van der Waals surface area contributed by atoms with Crippen LogP contribution >= 0.6 is 0 Å². The van der Waals surface area contributed by atoms with Crippen LogP contribution in [0.15, 0.2) is 35.2 Å². The van der Waals surface area contributed by atoms with Crippen LogP contribution in [-0.2, 0) is 10.0 Å². The van der Waals surface area contributed by atoms with E-state index < -0.39 is 50.1 Å². The molecule has 3 rings (SSSR count). The summed E-state index contributed by atoms with van der Waals surface area (Å²) in [6.07, 6.45) is 1.11. The summed E-state index contributed by atoms with van der Waals surface area (Å²) in [5, 5.41) is 2.12. The highest BCUT2D eigenvalue weighted by atomic mass is 32.2. The number of carbonyl (C=O) groups excluding carboxylic acids is 1. The summed E-state index contributed by atoms with van der Waals surface area (Å²) >= 11 is 0. The topological polar surface area (TPSA) is 92.5 Å². The molecule has 3 N–H and O–H groups in total. The minimum Gasteiger partial charge on any atom is -0.329 e. The van der Waals surface area contributed by atoms with Crippen LogP contribution in [-0.4, -0.2) is 37.8 Å². The Labute approximate surface area is 164 Å². The van der Waals surface area contributed by atoms with Gasteiger partial charge in [-0.05, 0) is 31.0 Å². The monoisotopic (exact) mass is 431 g/mol. The third kappa shape index (κ3) is 4.11. The zero-order valence-corrected chi connectivity index (χ0v) is 15.8. The minimum absolute atomic E-state index is 0.0721. The molecule has 1 heterocycles. The van der Waals surface area contributed by atoms with Crippen molar-refractivity contribution in [3.63, 3.8) is 0 Å². The zero-order chi connectivity index (χ0) is 21.3. The molecule has 1 saturated heterocycles. The largest absolute Gasteiger partial charge is 0.329 e. The molecular weight excluding hydrogens is 414 g/mol. The Kier molecular flexibility index (Phi) is 5.92. The molecule has 2 aromatic rings. The number of nitrogens with zero attached hydrogens (tertiary/aromatic N) is 1. The van der Waals surface area contributed by atoms with Gasteiger partial charge in [-0.3, -0.25) is 4.79 Å². The maximum atomic E-state index is 14.3. The fourth-order valence-electron chi connectivity index (χ4n) is 3.16. The molecule has 1 atom stereocenters. The molecule has 0 spiro atoms. The molecule has 29 heavy (non-hydrogen) atoms. The van der Waals surface area contributed by atoms with Gasteiger partial charge < -0.3 is 11.1 Å². The Balaban J connectivity index is 1.92. The molecule has 0 unspecified atom stereocenters. The molecule has 0 bridgehead atoms. The fourth-order valence-corrected chi connectivity index (χ4v) is 4.96. The van der Waals surface area contributed by atoms with E-state index in [1.807, 2.05) is 0 Å². The molecule has 156 valence electrons. The number of rotatable bonds is 5. The second-order valence-corrected chi connectivity index (χ2v) is 8.36. The van der Waals surface area contributed by atoms with Gasteiger partial charge in [-0.1, -0.05) is 0 Å². The van der Waals surface area contributed by atoms with Crippen molar-refractivity contribution in [2.75, 3.05) is 18.4 Å². The van der Waals surface area contributed by atoms with Gasteiger partial charge in [0.1, 0.15) is 10.7 Å². The Morgan fingerprint density at radius 1 is 1.10 bits per heavy atom. The molecule has 0 aliphatic carbocycles. The van der Waals surface area contributed by atoms with Crippen LogP contribution in [0.1, 0.15) is 23.2 Å². The standard InChI is InChI=1S/C18H17F4N3O3S/c19-13-4-3-10(18(26)24-11-7-14(20)17(22)15(21)8-11)6-16(13)29(27,28)25-5-1-2-12(25)9-23/h3-4,6-8,12H,1-2,5,9,23H2,(H,24,26)/t12-/m0/s1. The van der Waals surface area contributed by atoms with E-state index in [0.717, 1.165) is 22.5 Å². The summed E-state index contributed by atoms with van der Waals surface area (Å²) in [5.74, 6) is -6.72. The van der Waals surface area contributed by atoms with Gasteiger partial charge in [-0.25, -0.2) is 26.0 Å². The Hall–Kier alpha value is -2.50. The predicted molar refractivity (Wildman–Crippen MR) is 96.6 cm³/mol.